The maximum Gasteiger partial charge on any atom is 0.407 e. The van der Waals surface area contributed by atoms with E-state index >= 15 is 0 Å². The Hall–Kier alpha value is -1.72. The molecule has 4 amide bonds. The quantitative estimate of drug-likeness (QED) is 0.221. The molecule has 0 radical (unpaired) electrons. The zero-order valence-corrected chi connectivity index (χ0v) is 20.2. The normalized spacial score (nSPS) is 22.1. The predicted molar refractivity (Wildman–Crippen MR) is 123 cm³/mol. The minimum atomic E-state index is -0.514. The number of rotatable bonds is 14. The zero-order chi connectivity index (χ0) is 23.4. The summed E-state index contributed by atoms with van der Waals surface area (Å²) < 4.78 is 15.9. The average Bonchev–Trinajstić information content (AvgIpc) is 3.24. The lowest BCUT2D eigenvalue weighted by Gasteiger charge is -2.19. The number of urea groups is 1. The Balaban J connectivity index is 1.34. The van der Waals surface area contributed by atoms with Crippen molar-refractivity contribution in [3.63, 3.8) is 0 Å². The second kappa shape index (κ2) is 13.7. The molecule has 3 atom stereocenters. The third kappa shape index (κ3) is 10.7. The molecule has 0 spiro atoms. The minimum absolute atomic E-state index is 0.0332. The highest BCUT2D eigenvalue weighted by molar-refractivity contribution is 8.00. The van der Waals surface area contributed by atoms with E-state index in [4.69, 9.17) is 14.2 Å². The molecule has 184 valence electrons. The third-order valence-electron chi connectivity index (χ3n) is 4.94. The molecular formula is C21H38N4O6S. The fraction of sp³-hybridized carbons (Fsp3) is 0.857. The molecule has 2 fully saturated rings. The molecule has 4 N–H and O–H groups in total. The van der Waals surface area contributed by atoms with Gasteiger partial charge in [-0.2, -0.15) is 11.8 Å². The summed E-state index contributed by atoms with van der Waals surface area (Å²) in [6, 6.07) is 0.414. The van der Waals surface area contributed by atoms with Crippen LogP contribution >= 0.6 is 11.8 Å². The van der Waals surface area contributed by atoms with Crippen molar-refractivity contribution in [2.45, 2.75) is 69.4 Å². The first-order valence-corrected chi connectivity index (χ1v) is 12.4. The van der Waals surface area contributed by atoms with Gasteiger partial charge in [-0.3, -0.25) is 4.79 Å². The largest absolute Gasteiger partial charge is 0.444 e. The van der Waals surface area contributed by atoms with Crippen molar-refractivity contribution >= 4 is 29.8 Å². The lowest BCUT2D eigenvalue weighted by molar-refractivity contribution is -0.121. The maximum atomic E-state index is 11.9. The number of carbonyl (C=O) groups excluding carboxylic acids is 3. The smallest absolute Gasteiger partial charge is 0.407 e. The van der Waals surface area contributed by atoms with E-state index < -0.39 is 11.7 Å². The highest BCUT2D eigenvalue weighted by Gasteiger charge is 2.42. The Bertz CT molecular complexity index is 616. The third-order valence-corrected chi connectivity index (χ3v) is 6.44. The van der Waals surface area contributed by atoms with Gasteiger partial charge in [0.2, 0.25) is 5.91 Å². The van der Waals surface area contributed by atoms with Crippen molar-refractivity contribution < 1.29 is 28.6 Å². The van der Waals surface area contributed by atoms with Gasteiger partial charge < -0.3 is 35.5 Å². The average molecular weight is 475 g/mol. The van der Waals surface area contributed by atoms with Gasteiger partial charge in [-0.15, -0.1) is 0 Å². The fourth-order valence-electron chi connectivity index (χ4n) is 3.49. The zero-order valence-electron chi connectivity index (χ0n) is 19.4. The molecule has 0 aromatic carbocycles. The minimum Gasteiger partial charge on any atom is -0.444 e. The van der Waals surface area contributed by atoms with E-state index in [9.17, 15) is 14.4 Å². The van der Waals surface area contributed by atoms with Crippen LogP contribution < -0.4 is 21.3 Å². The highest BCUT2D eigenvalue weighted by atomic mass is 32.2. The summed E-state index contributed by atoms with van der Waals surface area (Å²) in [4.78, 5) is 34.7. The van der Waals surface area contributed by atoms with E-state index in [0.29, 0.717) is 51.2 Å². The number of hydrogen-bond donors (Lipinski definition) is 4. The van der Waals surface area contributed by atoms with Crippen molar-refractivity contribution in [3.05, 3.63) is 0 Å². The summed E-state index contributed by atoms with van der Waals surface area (Å²) in [5, 5.41) is 11.8. The Kier molecular flexibility index (Phi) is 11.4. The highest BCUT2D eigenvalue weighted by Crippen LogP contribution is 2.33. The van der Waals surface area contributed by atoms with Crippen LogP contribution in [0, 0.1) is 0 Å². The molecular weight excluding hydrogens is 436 g/mol. The van der Waals surface area contributed by atoms with Gasteiger partial charge >= 0.3 is 12.1 Å². The second-order valence-corrected chi connectivity index (χ2v) is 10.1. The molecule has 10 nitrogen and oxygen atoms in total. The molecule has 2 aliphatic heterocycles. The van der Waals surface area contributed by atoms with Gasteiger partial charge in [0, 0.05) is 30.5 Å². The van der Waals surface area contributed by atoms with E-state index in [0.717, 1.165) is 25.0 Å². The van der Waals surface area contributed by atoms with Gasteiger partial charge in [0.15, 0.2) is 0 Å². The predicted octanol–water partition coefficient (Wildman–Crippen LogP) is 1.39. The molecule has 2 saturated heterocycles. The SMILES string of the molecule is CC(C)(C)OC(=O)NCCOCCOCCNC(=O)CCCCC1SC[C@@H]2NC(=O)N[C@H]12. The Morgan fingerprint density at radius 3 is 2.41 bits per heavy atom. The van der Waals surface area contributed by atoms with Crippen molar-refractivity contribution in [2.24, 2.45) is 0 Å². The molecule has 2 heterocycles. The van der Waals surface area contributed by atoms with Crippen LogP contribution in [0.25, 0.3) is 0 Å². The number of carbonyl (C=O) groups is 3. The van der Waals surface area contributed by atoms with E-state index in [1.807, 2.05) is 32.5 Å². The van der Waals surface area contributed by atoms with Gasteiger partial charge in [-0.05, 0) is 33.6 Å². The van der Waals surface area contributed by atoms with Crippen LogP contribution in [0.2, 0.25) is 0 Å². The van der Waals surface area contributed by atoms with Gasteiger partial charge in [0.25, 0.3) is 0 Å². The van der Waals surface area contributed by atoms with Crippen molar-refractivity contribution in [3.8, 4) is 0 Å². The molecule has 0 aromatic rings. The van der Waals surface area contributed by atoms with Crippen LogP contribution in [0.4, 0.5) is 9.59 Å². The number of thioether (sulfide) groups is 1. The molecule has 0 aliphatic carbocycles. The summed E-state index contributed by atoms with van der Waals surface area (Å²) in [5.74, 6) is 0.994. The first-order valence-electron chi connectivity index (χ1n) is 11.3. The molecule has 11 heteroatoms. The van der Waals surface area contributed by atoms with E-state index in [2.05, 4.69) is 21.3 Å². The fourth-order valence-corrected chi connectivity index (χ4v) is 5.03. The topological polar surface area (TPSA) is 127 Å². The van der Waals surface area contributed by atoms with Gasteiger partial charge in [0.05, 0.1) is 38.5 Å². The van der Waals surface area contributed by atoms with Crippen LogP contribution in [0.1, 0.15) is 46.5 Å². The van der Waals surface area contributed by atoms with E-state index in [-0.39, 0.29) is 24.0 Å². The Labute approximate surface area is 194 Å². The van der Waals surface area contributed by atoms with Gasteiger partial charge in [-0.25, -0.2) is 9.59 Å². The summed E-state index contributed by atoms with van der Waals surface area (Å²) >= 11 is 1.90. The summed E-state index contributed by atoms with van der Waals surface area (Å²) in [6.07, 6.45) is 2.87. The van der Waals surface area contributed by atoms with Crippen LogP contribution in [0.5, 0.6) is 0 Å². The van der Waals surface area contributed by atoms with Crippen LogP contribution in [0.3, 0.4) is 0 Å². The lowest BCUT2D eigenvalue weighted by Crippen LogP contribution is -2.36. The molecule has 2 aliphatic rings. The molecule has 32 heavy (non-hydrogen) atoms. The van der Waals surface area contributed by atoms with E-state index in [1.54, 1.807) is 0 Å². The number of ether oxygens (including phenoxy) is 3. The first-order chi connectivity index (χ1) is 15.2. The van der Waals surface area contributed by atoms with Crippen LogP contribution in [0.15, 0.2) is 0 Å². The van der Waals surface area contributed by atoms with Crippen molar-refractivity contribution in [1.29, 1.82) is 0 Å². The van der Waals surface area contributed by atoms with Gasteiger partial charge in [0.1, 0.15) is 5.60 Å². The lowest BCUT2D eigenvalue weighted by atomic mass is 10.0. The molecule has 1 unspecified atom stereocenters. The van der Waals surface area contributed by atoms with Gasteiger partial charge in [-0.1, -0.05) is 6.42 Å². The number of alkyl carbamates (subject to hydrolysis) is 1. The van der Waals surface area contributed by atoms with Crippen molar-refractivity contribution in [1.82, 2.24) is 21.3 Å². The number of amides is 4. The molecule has 0 aromatic heterocycles. The van der Waals surface area contributed by atoms with E-state index in [1.165, 1.54) is 0 Å². The van der Waals surface area contributed by atoms with Crippen LogP contribution in [-0.4, -0.2) is 86.2 Å². The summed E-state index contributed by atoms with van der Waals surface area (Å²) in [6.45, 7) is 7.92. The molecule has 2 rings (SSSR count). The standard InChI is InChI=1S/C21H38N4O6S/c1-21(2,3)31-20(28)23-9-11-30-13-12-29-10-8-22-17(26)7-5-4-6-16-18-15(14-32-16)24-19(27)25-18/h15-16,18H,4-14H2,1-3H3,(H,22,26)(H,23,28)(H2,24,25,27)/t15-,16?,18-/m0/s1. The summed E-state index contributed by atoms with van der Waals surface area (Å²) in [5.41, 5.74) is -0.514. The maximum absolute atomic E-state index is 11.9. The Morgan fingerprint density at radius 1 is 1.03 bits per heavy atom. The number of nitrogens with one attached hydrogen (secondary N) is 4. The summed E-state index contributed by atoms with van der Waals surface area (Å²) in [7, 11) is 0. The van der Waals surface area contributed by atoms with Crippen molar-refractivity contribution in [2.75, 3.05) is 45.3 Å². The number of hydrogen-bond acceptors (Lipinski definition) is 7. The van der Waals surface area contributed by atoms with Crippen LogP contribution in [-0.2, 0) is 19.0 Å². The molecule has 0 bridgehead atoms. The first kappa shape index (κ1) is 26.5. The number of fused-ring (bicyclic) bond motifs is 1. The second-order valence-electron chi connectivity index (χ2n) is 8.87. The number of unbranched alkanes of at least 4 members (excludes halogenated alkanes) is 1. The monoisotopic (exact) mass is 474 g/mol. The Morgan fingerprint density at radius 2 is 1.72 bits per heavy atom. The molecule has 0 saturated carbocycles.